The predicted molar refractivity (Wildman–Crippen MR) is 76.3 cm³/mol. The lowest BCUT2D eigenvalue weighted by Gasteiger charge is -2.07. The summed E-state index contributed by atoms with van der Waals surface area (Å²) in [6, 6.07) is 5.92. The molecule has 19 heavy (non-hydrogen) atoms. The molecule has 0 fully saturated rings. The molecule has 1 amide bonds. The third-order valence-corrected chi connectivity index (χ3v) is 3.41. The highest BCUT2D eigenvalue weighted by Gasteiger charge is 2.13. The Hall–Kier alpha value is -1.17. The van der Waals surface area contributed by atoms with Gasteiger partial charge in [-0.3, -0.25) is 4.79 Å². The minimum absolute atomic E-state index is 0.164. The number of hydrogen-bond acceptors (Lipinski definition) is 2. The van der Waals surface area contributed by atoms with Crippen LogP contribution in [-0.4, -0.2) is 10.9 Å². The summed E-state index contributed by atoms with van der Waals surface area (Å²) in [4.78, 5) is 15.9. The summed E-state index contributed by atoms with van der Waals surface area (Å²) in [6.07, 6.45) is 1.49. The summed E-state index contributed by atoms with van der Waals surface area (Å²) in [5.74, 6) is -1.17. The minimum Gasteiger partial charge on any atom is -0.321 e. The molecule has 0 unspecified atom stereocenters. The smallest absolute Gasteiger partial charge is 0.275 e. The van der Waals surface area contributed by atoms with Gasteiger partial charge < -0.3 is 5.32 Å². The van der Waals surface area contributed by atoms with Gasteiger partial charge in [0.15, 0.2) is 5.82 Å². The van der Waals surface area contributed by atoms with Crippen LogP contribution in [-0.2, 0) is 0 Å². The zero-order valence-electron chi connectivity index (χ0n) is 9.25. The first-order valence-corrected chi connectivity index (χ1v) is 6.60. The van der Waals surface area contributed by atoms with Gasteiger partial charge in [0.2, 0.25) is 0 Å². The van der Waals surface area contributed by atoms with Crippen molar-refractivity contribution in [2.75, 3.05) is 5.32 Å². The zero-order chi connectivity index (χ0) is 14.0. The lowest BCUT2D eigenvalue weighted by molar-refractivity contribution is 0.102. The molecule has 0 aliphatic carbocycles. The third kappa shape index (κ3) is 3.23. The fourth-order valence-corrected chi connectivity index (χ4v) is 2.29. The Morgan fingerprint density at radius 1 is 1.32 bits per heavy atom. The Morgan fingerprint density at radius 3 is 2.53 bits per heavy atom. The molecule has 7 heteroatoms. The van der Waals surface area contributed by atoms with Crippen molar-refractivity contribution in [1.29, 1.82) is 0 Å². The minimum atomic E-state index is -0.722. The third-order valence-electron chi connectivity index (χ3n) is 2.22. The van der Waals surface area contributed by atoms with Crippen LogP contribution in [0.1, 0.15) is 10.5 Å². The fraction of sp³-hybridized carbons (Fsp3) is 0. The topological polar surface area (TPSA) is 42.0 Å². The highest BCUT2D eigenvalue weighted by Crippen LogP contribution is 2.27. The number of benzene rings is 1. The zero-order valence-corrected chi connectivity index (χ0v) is 12.4. The molecule has 0 atom stereocenters. The maximum Gasteiger partial charge on any atom is 0.275 e. The Kier molecular flexibility index (Phi) is 4.39. The van der Waals surface area contributed by atoms with Gasteiger partial charge in [0.25, 0.3) is 5.91 Å². The van der Waals surface area contributed by atoms with Crippen molar-refractivity contribution in [3.63, 3.8) is 0 Å². The van der Waals surface area contributed by atoms with Crippen molar-refractivity contribution in [2.45, 2.75) is 0 Å². The highest BCUT2D eigenvalue weighted by molar-refractivity contribution is 9.10. The molecule has 0 aliphatic rings. The molecule has 0 saturated heterocycles. The number of anilines is 1. The van der Waals surface area contributed by atoms with E-state index in [2.05, 4.69) is 26.2 Å². The number of pyridine rings is 1. The van der Waals surface area contributed by atoms with E-state index in [-0.39, 0.29) is 15.7 Å². The second kappa shape index (κ2) is 5.86. The molecule has 1 heterocycles. The van der Waals surface area contributed by atoms with Crippen LogP contribution < -0.4 is 5.32 Å². The van der Waals surface area contributed by atoms with Gasteiger partial charge in [0.1, 0.15) is 5.69 Å². The van der Waals surface area contributed by atoms with Crippen molar-refractivity contribution < 1.29 is 9.18 Å². The Bertz CT molecular complexity index is 628. The normalized spacial score (nSPS) is 10.3. The van der Waals surface area contributed by atoms with E-state index >= 15 is 0 Å². The molecule has 2 aromatic rings. The maximum absolute atomic E-state index is 13.2. The largest absolute Gasteiger partial charge is 0.321 e. The SMILES string of the molecule is O=C(Nc1cc(Cl)c(F)c(Cl)c1)c1ncccc1Br. The van der Waals surface area contributed by atoms with Crippen LogP contribution in [0.2, 0.25) is 10.0 Å². The van der Waals surface area contributed by atoms with E-state index < -0.39 is 11.7 Å². The molecule has 0 aliphatic heterocycles. The van der Waals surface area contributed by atoms with Crippen LogP contribution >= 0.6 is 39.1 Å². The first-order chi connectivity index (χ1) is 8.99. The number of amides is 1. The number of nitrogens with one attached hydrogen (secondary N) is 1. The van der Waals surface area contributed by atoms with E-state index in [1.807, 2.05) is 0 Å². The molecule has 3 nitrogen and oxygen atoms in total. The predicted octanol–water partition coefficient (Wildman–Crippen LogP) is 4.54. The summed E-state index contributed by atoms with van der Waals surface area (Å²) in [5.41, 5.74) is 0.498. The van der Waals surface area contributed by atoms with Crippen LogP contribution in [0, 0.1) is 5.82 Å². The monoisotopic (exact) mass is 362 g/mol. The van der Waals surface area contributed by atoms with Crippen LogP contribution in [0.15, 0.2) is 34.9 Å². The van der Waals surface area contributed by atoms with E-state index in [4.69, 9.17) is 23.2 Å². The van der Waals surface area contributed by atoms with E-state index in [1.165, 1.54) is 18.3 Å². The fourth-order valence-electron chi connectivity index (χ4n) is 1.37. The van der Waals surface area contributed by atoms with Gasteiger partial charge in [-0.2, -0.15) is 0 Å². The number of halogens is 4. The number of nitrogens with zero attached hydrogens (tertiary/aromatic N) is 1. The highest BCUT2D eigenvalue weighted by atomic mass is 79.9. The molecule has 2 rings (SSSR count). The number of rotatable bonds is 2. The van der Waals surface area contributed by atoms with Crippen molar-refractivity contribution in [3.05, 3.63) is 56.5 Å². The number of carbonyl (C=O) groups excluding carboxylic acids is 1. The first-order valence-electron chi connectivity index (χ1n) is 5.05. The number of carbonyl (C=O) groups is 1. The summed E-state index contributed by atoms with van der Waals surface area (Å²) < 4.78 is 13.8. The maximum atomic E-state index is 13.2. The van der Waals surface area contributed by atoms with Gasteiger partial charge in [-0.05, 0) is 40.2 Å². The van der Waals surface area contributed by atoms with Crippen molar-refractivity contribution >= 4 is 50.7 Å². The Labute approximate surface area is 126 Å². The van der Waals surface area contributed by atoms with Crippen molar-refractivity contribution in [3.8, 4) is 0 Å². The molecular formula is C12H6BrCl2FN2O. The first kappa shape index (κ1) is 14.2. The van der Waals surface area contributed by atoms with Gasteiger partial charge in [0, 0.05) is 16.4 Å². The molecule has 98 valence electrons. The van der Waals surface area contributed by atoms with Gasteiger partial charge >= 0.3 is 0 Å². The number of aromatic nitrogens is 1. The summed E-state index contributed by atoms with van der Waals surface area (Å²) in [5, 5.41) is 2.21. The summed E-state index contributed by atoms with van der Waals surface area (Å²) in [7, 11) is 0. The standard InChI is InChI=1S/C12H6BrCl2FN2O/c13-7-2-1-3-17-11(7)12(19)18-6-4-8(14)10(16)9(15)5-6/h1-5H,(H,18,19). The molecule has 1 aromatic heterocycles. The van der Waals surface area contributed by atoms with E-state index in [0.717, 1.165) is 0 Å². The van der Waals surface area contributed by atoms with E-state index in [9.17, 15) is 9.18 Å². The lowest BCUT2D eigenvalue weighted by atomic mass is 10.3. The average Bonchev–Trinajstić information content (AvgIpc) is 2.36. The van der Waals surface area contributed by atoms with Gasteiger partial charge in [-0.25, -0.2) is 9.37 Å². The van der Waals surface area contributed by atoms with Crippen molar-refractivity contribution in [2.24, 2.45) is 0 Å². The van der Waals surface area contributed by atoms with Crippen molar-refractivity contribution in [1.82, 2.24) is 4.98 Å². The Balaban J connectivity index is 2.27. The molecule has 0 saturated carbocycles. The van der Waals surface area contributed by atoms with Gasteiger partial charge in [-0.1, -0.05) is 23.2 Å². The summed E-state index contributed by atoms with van der Waals surface area (Å²) in [6.45, 7) is 0. The molecule has 0 radical (unpaired) electrons. The molecular weight excluding hydrogens is 358 g/mol. The Morgan fingerprint density at radius 2 is 1.95 bits per heavy atom. The van der Waals surface area contributed by atoms with E-state index in [0.29, 0.717) is 10.2 Å². The van der Waals surface area contributed by atoms with Gasteiger partial charge in [-0.15, -0.1) is 0 Å². The second-order valence-electron chi connectivity index (χ2n) is 3.54. The van der Waals surface area contributed by atoms with Crippen LogP contribution in [0.4, 0.5) is 10.1 Å². The van der Waals surface area contributed by atoms with Gasteiger partial charge in [0.05, 0.1) is 10.0 Å². The molecule has 1 N–H and O–H groups in total. The van der Waals surface area contributed by atoms with Crippen LogP contribution in [0.25, 0.3) is 0 Å². The van der Waals surface area contributed by atoms with Crippen LogP contribution in [0.3, 0.4) is 0 Å². The molecule has 0 spiro atoms. The number of hydrogen-bond donors (Lipinski definition) is 1. The molecule has 0 bridgehead atoms. The van der Waals surface area contributed by atoms with E-state index in [1.54, 1.807) is 12.1 Å². The second-order valence-corrected chi connectivity index (χ2v) is 5.21. The lowest BCUT2D eigenvalue weighted by Crippen LogP contribution is -2.14. The quantitative estimate of drug-likeness (QED) is 0.795. The summed E-state index contributed by atoms with van der Waals surface area (Å²) >= 11 is 14.5. The molecule has 1 aromatic carbocycles. The van der Waals surface area contributed by atoms with Crippen LogP contribution in [0.5, 0.6) is 0 Å². The average molecular weight is 364 g/mol.